The average molecular weight is 491 g/mol. The van der Waals surface area contributed by atoms with Crippen LogP contribution in [0.2, 0.25) is 0 Å². The Morgan fingerprint density at radius 1 is 1.06 bits per heavy atom. The van der Waals surface area contributed by atoms with Gasteiger partial charge in [-0.05, 0) is 38.1 Å². The third kappa shape index (κ3) is 5.52. The van der Waals surface area contributed by atoms with Crippen LogP contribution in [0.25, 0.3) is 5.69 Å². The lowest BCUT2D eigenvalue weighted by Crippen LogP contribution is -2.23. The maximum absolute atomic E-state index is 13.0. The van der Waals surface area contributed by atoms with Gasteiger partial charge in [-0.2, -0.15) is 15.0 Å². The van der Waals surface area contributed by atoms with E-state index in [0.717, 1.165) is 11.4 Å². The SMILES string of the molecule is Cc1c(NC(=O)CSC(C)c2nc(N)nc(Nc3ccccc3)n2)c(=O)n(-c2ccccc2)n1C. The third-order valence-corrected chi connectivity index (χ3v) is 6.49. The number of amides is 1. The standard InChI is InChI=1S/C24H26N8O2S/c1-15-20(22(34)32(31(15)3)18-12-8-5-9-13-18)27-19(33)14-35-16(2)21-28-23(25)30-24(29-21)26-17-10-6-4-7-11-17/h4-13,16H,14H2,1-3H3,(H,27,33)(H3,25,26,28,29,30). The first kappa shape index (κ1) is 24.0. The Hall–Kier alpha value is -4.12. The molecule has 4 aromatic rings. The molecular weight excluding hydrogens is 464 g/mol. The quantitative estimate of drug-likeness (QED) is 0.342. The monoisotopic (exact) mass is 490 g/mol. The number of para-hydroxylation sites is 2. The van der Waals surface area contributed by atoms with E-state index in [1.54, 1.807) is 18.7 Å². The van der Waals surface area contributed by atoms with Gasteiger partial charge in [0.15, 0.2) is 0 Å². The number of nitrogens with zero attached hydrogens (tertiary/aromatic N) is 5. The van der Waals surface area contributed by atoms with Crippen LogP contribution in [-0.2, 0) is 11.8 Å². The second-order valence-electron chi connectivity index (χ2n) is 7.80. The van der Waals surface area contributed by atoms with Gasteiger partial charge in [0.2, 0.25) is 17.8 Å². The molecule has 0 aliphatic rings. The van der Waals surface area contributed by atoms with E-state index in [1.807, 2.05) is 67.6 Å². The number of anilines is 4. The molecule has 180 valence electrons. The number of carbonyl (C=O) groups excluding carboxylic acids is 1. The highest BCUT2D eigenvalue weighted by Crippen LogP contribution is 2.27. The molecule has 0 fully saturated rings. The van der Waals surface area contributed by atoms with Crippen molar-refractivity contribution in [1.29, 1.82) is 0 Å². The molecule has 1 atom stereocenters. The van der Waals surface area contributed by atoms with Crippen LogP contribution in [0.5, 0.6) is 0 Å². The average Bonchev–Trinajstić information content (AvgIpc) is 3.06. The van der Waals surface area contributed by atoms with Gasteiger partial charge in [-0.1, -0.05) is 36.4 Å². The molecule has 0 spiro atoms. The summed E-state index contributed by atoms with van der Waals surface area (Å²) in [7, 11) is 1.78. The van der Waals surface area contributed by atoms with Gasteiger partial charge in [0.05, 0.1) is 22.4 Å². The maximum atomic E-state index is 13.0. The minimum Gasteiger partial charge on any atom is -0.368 e. The van der Waals surface area contributed by atoms with Crippen LogP contribution in [0.4, 0.5) is 23.3 Å². The normalized spacial score (nSPS) is 11.7. The minimum atomic E-state index is -0.294. The lowest BCUT2D eigenvalue weighted by atomic mass is 10.3. The number of hydrogen-bond donors (Lipinski definition) is 3. The molecule has 0 aliphatic heterocycles. The fourth-order valence-corrected chi connectivity index (χ4v) is 4.19. The van der Waals surface area contributed by atoms with Crippen molar-refractivity contribution in [1.82, 2.24) is 24.3 Å². The smallest absolute Gasteiger partial charge is 0.295 e. The summed E-state index contributed by atoms with van der Waals surface area (Å²) in [6.45, 7) is 3.68. The molecule has 10 nitrogen and oxygen atoms in total. The number of nitrogen functional groups attached to an aromatic ring is 1. The summed E-state index contributed by atoms with van der Waals surface area (Å²) < 4.78 is 3.24. The molecular formula is C24H26N8O2S. The molecule has 1 amide bonds. The van der Waals surface area contributed by atoms with Crippen LogP contribution >= 0.6 is 11.8 Å². The molecule has 4 N–H and O–H groups in total. The predicted molar refractivity (Wildman–Crippen MR) is 139 cm³/mol. The van der Waals surface area contributed by atoms with Crippen molar-refractivity contribution in [2.45, 2.75) is 19.1 Å². The fraction of sp³-hybridized carbons (Fsp3) is 0.208. The van der Waals surface area contributed by atoms with Gasteiger partial charge < -0.3 is 16.4 Å². The number of aromatic nitrogens is 5. The zero-order valence-corrected chi connectivity index (χ0v) is 20.4. The Morgan fingerprint density at radius 2 is 1.71 bits per heavy atom. The van der Waals surface area contributed by atoms with Gasteiger partial charge >= 0.3 is 0 Å². The number of nitrogens with two attached hydrogens (primary N) is 1. The lowest BCUT2D eigenvalue weighted by molar-refractivity contribution is -0.113. The highest BCUT2D eigenvalue weighted by molar-refractivity contribution is 8.00. The molecule has 2 heterocycles. The molecule has 4 rings (SSSR count). The largest absolute Gasteiger partial charge is 0.368 e. The topological polar surface area (TPSA) is 133 Å². The van der Waals surface area contributed by atoms with Crippen molar-refractivity contribution in [3.05, 3.63) is 82.5 Å². The van der Waals surface area contributed by atoms with E-state index in [2.05, 4.69) is 25.6 Å². The number of thioether (sulfide) groups is 1. The summed E-state index contributed by atoms with van der Waals surface area (Å²) >= 11 is 1.34. The van der Waals surface area contributed by atoms with E-state index in [-0.39, 0.29) is 34.1 Å². The van der Waals surface area contributed by atoms with Crippen LogP contribution in [-0.4, -0.2) is 36.0 Å². The van der Waals surface area contributed by atoms with E-state index >= 15 is 0 Å². The molecule has 35 heavy (non-hydrogen) atoms. The zero-order chi connectivity index (χ0) is 24.9. The highest BCUT2D eigenvalue weighted by atomic mass is 32.2. The molecule has 0 saturated heterocycles. The van der Waals surface area contributed by atoms with Gasteiger partial charge in [-0.15, -0.1) is 11.8 Å². The molecule has 0 bridgehead atoms. The van der Waals surface area contributed by atoms with E-state index in [9.17, 15) is 9.59 Å². The van der Waals surface area contributed by atoms with E-state index in [1.165, 1.54) is 16.4 Å². The van der Waals surface area contributed by atoms with Crippen molar-refractivity contribution in [3.8, 4) is 5.69 Å². The molecule has 1 unspecified atom stereocenters. The van der Waals surface area contributed by atoms with E-state index in [0.29, 0.717) is 17.5 Å². The third-order valence-electron chi connectivity index (χ3n) is 5.35. The van der Waals surface area contributed by atoms with Crippen LogP contribution < -0.4 is 21.9 Å². The first-order valence-electron chi connectivity index (χ1n) is 10.9. The van der Waals surface area contributed by atoms with Gasteiger partial charge in [-0.3, -0.25) is 14.3 Å². The Bertz CT molecular complexity index is 1390. The Kier molecular flexibility index (Phi) is 7.16. The van der Waals surface area contributed by atoms with Gasteiger partial charge in [-0.25, -0.2) is 4.68 Å². The van der Waals surface area contributed by atoms with Crippen molar-refractivity contribution >= 4 is 40.9 Å². The maximum Gasteiger partial charge on any atom is 0.295 e. The number of hydrogen-bond acceptors (Lipinski definition) is 8. The lowest BCUT2D eigenvalue weighted by Gasteiger charge is -2.12. The first-order valence-corrected chi connectivity index (χ1v) is 12.0. The predicted octanol–water partition coefficient (Wildman–Crippen LogP) is 3.43. The highest BCUT2D eigenvalue weighted by Gasteiger charge is 2.20. The van der Waals surface area contributed by atoms with Crippen molar-refractivity contribution < 1.29 is 4.79 Å². The Balaban J connectivity index is 1.43. The summed E-state index contributed by atoms with van der Waals surface area (Å²) in [6.07, 6.45) is 0. The molecule has 11 heteroatoms. The van der Waals surface area contributed by atoms with Gasteiger partial charge in [0, 0.05) is 12.7 Å². The molecule has 0 saturated carbocycles. The summed E-state index contributed by atoms with van der Waals surface area (Å²) in [4.78, 5) is 38.5. The summed E-state index contributed by atoms with van der Waals surface area (Å²) in [6, 6.07) is 18.8. The Labute approximate surface area is 206 Å². The van der Waals surface area contributed by atoms with Crippen molar-refractivity contribution in [3.63, 3.8) is 0 Å². The summed E-state index contributed by atoms with van der Waals surface area (Å²) in [5.41, 5.74) is 8.05. The number of benzene rings is 2. The minimum absolute atomic E-state index is 0.0895. The van der Waals surface area contributed by atoms with E-state index in [4.69, 9.17) is 5.73 Å². The van der Waals surface area contributed by atoms with Crippen LogP contribution in [0.15, 0.2) is 65.5 Å². The molecule has 0 aliphatic carbocycles. The molecule has 2 aromatic carbocycles. The molecule has 2 aromatic heterocycles. The Morgan fingerprint density at radius 3 is 2.40 bits per heavy atom. The zero-order valence-electron chi connectivity index (χ0n) is 19.6. The second kappa shape index (κ2) is 10.4. The second-order valence-corrected chi connectivity index (χ2v) is 9.13. The number of carbonyl (C=O) groups is 1. The summed E-state index contributed by atoms with van der Waals surface area (Å²) in [5, 5.41) is 5.63. The van der Waals surface area contributed by atoms with Gasteiger partial charge in [0.25, 0.3) is 5.56 Å². The molecule has 0 radical (unpaired) electrons. The fourth-order valence-electron chi connectivity index (χ4n) is 3.46. The van der Waals surface area contributed by atoms with Crippen LogP contribution in [0, 0.1) is 6.92 Å². The number of nitrogens with one attached hydrogen (secondary N) is 2. The van der Waals surface area contributed by atoms with E-state index < -0.39 is 0 Å². The summed E-state index contributed by atoms with van der Waals surface area (Å²) in [5.74, 6) is 0.685. The van der Waals surface area contributed by atoms with Gasteiger partial charge in [0.1, 0.15) is 11.5 Å². The first-order chi connectivity index (χ1) is 16.8. The van der Waals surface area contributed by atoms with Crippen LogP contribution in [0.3, 0.4) is 0 Å². The van der Waals surface area contributed by atoms with Crippen molar-refractivity contribution in [2.24, 2.45) is 7.05 Å². The van der Waals surface area contributed by atoms with Crippen LogP contribution in [0.1, 0.15) is 23.7 Å². The number of rotatable bonds is 8. The van der Waals surface area contributed by atoms with Crippen molar-refractivity contribution in [2.75, 3.05) is 22.1 Å².